The van der Waals surface area contributed by atoms with E-state index in [2.05, 4.69) is 10.2 Å². The molecular formula is C11H18N2O4. The van der Waals surface area contributed by atoms with Crippen LogP contribution in [0.1, 0.15) is 6.92 Å². The maximum Gasteiger partial charge on any atom is 0.407 e. The Labute approximate surface area is 100 Å². The molecule has 2 aliphatic rings. The van der Waals surface area contributed by atoms with Crippen molar-refractivity contribution in [2.24, 2.45) is 11.8 Å². The molecule has 0 bridgehead atoms. The minimum atomic E-state index is -0.355. The van der Waals surface area contributed by atoms with Crippen molar-refractivity contribution < 1.29 is 19.1 Å². The molecule has 17 heavy (non-hydrogen) atoms. The van der Waals surface area contributed by atoms with Crippen molar-refractivity contribution in [2.75, 3.05) is 33.3 Å². The Bertz CT molecular complexity index is 321. The molecule has 3 atom stereocenters. The number of amides is 1. The lowest BCUT2D eigenvalue weighted by Crippen LogP contribution is -2.33. The molecule has 2 rings (SSSR count). The third kappa shape index (κ3) is 2.69. The molecule has 0 spiro atoms. The van der Waals surface area contributed by atoms with E-state index < -0.39 is 0 Å². The summed E-state index contributed by atoms with van der Waals surface area (Å²) in [5.74, 6) is 0.0686. The normalized spacial score (nSPS) is 33.3. The van der Waals surface area contributed by atoms with Crippen LogP contribution in [0.25, 0.3) is 0 Å². The smallest absolute Gasteiger partial charge is 0.407 e. The molecule has 2 fully saturated rings. The van der Waals surface area contributed by atoms with Crippen molar-refractivity contribution in [3.05, 3.63) is 0 Å². The zero-order valence-electron chi connectivity index (χ0n) is 10.1. The molecule has 0 radical (unpaired) electrons. The molecule has 6 heteroatoms. The van der Waals surface area contributed by atoms with E-state index in [-0.39, 0.29) is 30.0 Å². The van der Waals surface area contributed by atoms with Gasteiger partial charge in [-0.05, 0) is 5.92 Å². The van der Waals surface area contributed by atoms with Gasteiger partial charge >= 0.3 is 12.1 Å². The molecule has 2 saturated heterocycles. The van der Waals surface area contributed by atoms with Gasteiger partial charge in [0.25, 0.3) is 0 Å². The Morgan fingerprint density at radius 3 is 2.94 bits per heavy atom. The number of carbonyl (C=O) groups excluding carboxylic acids is 2. The number of nitrogens with one attached hydrogen (secondary N) is 1. The van der Waals surface area contributed by atoms with E-state index in [9.17, 15) is 9.59 Å². The number of likely N-dealkylation sites (tertiary alicyclic amines) is 1. The number of carbonyl (C=O) groups is 2. The number of hydrogen-bond donors (Lipinski definition) is 1. The number of cyclic esters (lactones) is 1. The van der Waals surface area contributed by atoms with Gasteiger partial charge in [-0.15, -0.1) is 0 Å². The highest BCUT2D eigenvalue weighted by atomic mass is 16.6. The standard InChI is InChI=1S/C11H18N2O4/c1-7-4-13(6-9(7)10(14)16-2)5-8-3-12-11(15)17-8/h7-9H,3-6H2,1-2H3,(H,12,15). The van der Waals surface area contributed by atoms with Crippen molar-refractivity contribution in [3.63, 3.8) is 0 Å². The predicted octanol–water partition coefficient (Wildman–Crippen LogP) is -0.164. The minimum absolute atomic E-state index is 0.0648. The van der Waals surface area contributed by atoms with E-state index in [1.807, 2.05) is 6.92 Å². The summed E-state index contributed by atoms with van der Waals surface area (Å²) in [7, 11) is 1.42. The monoisotopic (exact) mass is 242 g/mol. The van der Waals surface area contributed by atoms with E-state index >= 15 is 0 Å². The number of nitrogens with zero attached hydrogens (tertiary/aromatic N) is 1. The fourth-order valence-corrected chi connectivity index (χ4v) is 2.50. The average Bonchev–Trinajstić information content (AvgIpc) is 2.85. The van der Waals surface area contributed by atoms with Crippen molar-refractivity contribution >= 4 is 12.1 Å². The first-order valence-electron chi connectivity index (χ1n) is 5.85. The molecular weight excluding hydrogens is 224 g/mol. The number of esters is 1. The number of methoxy groups -OCH3 is 1. The van der Waals surface area contributed by atoms with Gasteiger partial charge in [0, 0.05) is 19.6 Å². The first kappa shape index (κ1) is 12.2. The third-order valence-corrected chi connectivity index (χ3v) is 3.40. The summed E-state index contributed by atoms with van der Waals surface area (Å²) < 4.78 is 9.85. The largest absolute Gasteiger partial charge is 0.469 e. The Balaban J connectivity index is 1.84. The van der Waals surface area contributed by atoms with Crippen LogP contribution in [0.3, 0.4) is 0 Å². The molecule has 0 aromatic rings. The summed E-state index contributed by atoms with van der Waals surface area (Å²) >= 11 is 0. The van der Waals surface area contributed by atoms with E-state index in [0.29, 0.717) is 19.6 Å². The third-order valence-electron chi connectivity index (χ3n) is 3.40. The fourth-order valence-electron chi connectivity index (χ4n) is 2.50. The van der Waals surface area contributed by atoms with Crippen LogP contribution in [-0.4, -0.2) is 56.4 Å². The van der Waals surface area contributed by atoms with Crippen molar-refractivity contribution in [2.45, 2.75) is 13.0 Å². The van der Waals surface area contributed by atoms with Gasteiger partial charge < -0.3 is 14.8 Å². The molecule has 0 aromatic heterocycles. The number of rotatable bonds is 3. The highest BCUT2D eigenvalue weighted by molar-refractivity contribution is 5.73. The molecule has 1 amide bonds. The molecule has 0 saturated carbocycles. The van der Waals surface area contributed by atoms with Crippen LogP contribution in [0.5, 0.6) is 0 Å². The van der Waals surface area contributed by atoms with Gasteiger partial charge in [0.15, 0.2) is 0 Å². The number of ether oxygens (including phenoxy) is 2. The second-order valence-corrected chi connectivity index (χ2v) is 4.73. The van der Waals surface area contributed by atoms with Crippen LogP contribution in [0.15, 0.2) is 0 Å². The van der Waals surface area contributed by atoms with Gasteiger partial charge in [-0.25, -0.2) is 4.79 Å². The van der Waals surface area contributed by atoms with Crippen LogP contribution in [0, 0.1) is 11.8 Å². The van der Waals surface area contributed by atoms with Gasteiger partial charge in [-0.1, -0.05) is 6.92 Å². The van der Waals surface area contributed by atoms with Crippen molar-refractivity contribution in [1.82, 2.24) is 10.2 Å². The molecule has 0 aliphatic carbocycles. The minimum Gasteiger partial charge on any atom is -0.469 e. The Morgan fingerprint density at radius 2 is 2.35 bits per heavy atom. The lowest BCUT2D eigenvalue weighted by atomic mass is 9.99. The topological polar surface area (TPSA) is 67.9 Å². The molecule has 2 aliphatic heterocycles. The van der Waals surface area contributed by atoms with E-state index in [1.165, 1.54) is 7.11 Å². The van der Waals surface area contributed by atoms with Crippen LogP contribution >= 0.6 is 0 Å². The van der Waals surface area contributed by atoms with Crippen molar-refractivity contribution in [1.29, 1.82) is 0 Å². The zero-order valence-corrected chi connectivity index (χ0v) is 10.1. The van der Waals surface area contributed by atoms with Crippen molar-refractivity contribution in [3.8, 4) is 0 Å². The lowest BCUT2D eigenvalue weighted by Gasteiger charge is -2.18. The average molecular weight is 242 g/mol. The summed E-state index contributed by atoms with van der Waals surface area (Å²) in [6.45, 7) is 4.79. The van der Waals surface area contributed by atoms with Crippen LogP contribution in [0.4, 0.5) is 4.79 Å². The van der Waals surface area contributed by atoms with Gasteiger partial charge in [-0.3, -0.25) is 9.69 Å². The molecule has 6 nitrogen and oxygen atoms in total. The Hall–Kier alpha value is -1.30. The first-order chi connectivity index (χ1) is 8.10. The van der Waals surface area contributed by atoms with Crippen LogP contribution in [-0.2, 0) is 14.3 Å². The molecule has 2 heterocycles. The van der Waals surface area contributed by atoms with Gasteiger partial charge in [0.2, 0.25) is 0 Å². The van der Waals surface area contributed by atoms with Crippen LogP contribution in [0.2, 0.25) is 0 Å². The molecule has 3 unspecified atom stereocenters. The van der Waals surface area contributed by atoms with E-state index in [4.69, 9.17) is 9.47 Å². The molecule has 1 N–H and O–H groups in total. The maximum absolute atomic E-state index is 11.5. The predicted molar refractivity (Wildman–Crippen MR) is 59.4 cm³/mol. The summed E-state index contributed by atoms with van der Waals surface area (Å²) in [4.78, 5) is 24.5. The summed E-state index contributed by atoms with van der Waals surface area (Å²) in [6.07, 6.45) is -0.460. The summed E-state index contributed by atoms with van der Waals surface area (Å²) in [5.41, 5.74) is 0. The van der Waals surface area contributed by atoms with E-state index in [1.54, 1.807) is 0 Å². The Morgan fingerprint density at radius 1 is 1.59 bits per heavy atom. The van der Waals surface area contributed by atoms with Gasteiger partial charge in [0.1, 0.15) is 6.10 Å². The highest BCUT2D eigenvalue weighted by Gasteiger charge is 2.37. The Kier molecular flexibility index (Phi) is 3.51. The summed E-state index contributed by atoms with van der Waals surface area (Å²) in [6, 6.07) is 0. The molecule has 96 valence electrons. The summed E-state index contributed by atoms with van der Waals surface area (Å²) in [5, 5.41) is 2.62. The lowest BCUT2D eigenvalue weighted by molar-refractivity contribution is -0.146. The number of alkyl carbamates (subject to hydrolysis) is 1. The second-order valence-electron chi connectivity index (χ2n) is 4.73. The van der Waals surface area contributed by atoms with Gasteiger partial charge in [-0.2, -0.15) is 0 Å². The maximum atomic E-state index is 11.5. The van der Waals surface area contributed by atoms with E-state index in [0.717, 1.165) is 6.54 Å². The zero-order chi connectivity index (χ0) is 12.4. The second kappa shape index (κ2) is 4.91. The first-order valence-corrected chi connectivity index (χ1v) is 5.85. The SMILES string of the molecule is COC(=O)C1CN(CC2CNC(=O)O2)CC1C. The quantitative estimate of drug-likeness (QED) is 0.696. The fraction of sp³-hybridized carbons (Fsp3) is 0.818. The van der Waals surface area contributed by atoms with Crippen LogP contribution < -0.4 is 5.32 Å². The number of hydrogen-bond acceptors (Lipinski definition) is 5. The highest BCUT2D eigenvalue weighted by Crippen LogP contribution is 2.24. The molecule has 0 aromatic carbocycles. The van der Waals surface area contributed by atoms with Gasteiger partial charge in [0.05, 0.1) is 19.6 Å².